The van der Waals surface area contributed by atoms with Crippen molar-refractivity contribution in [3.05, 3.63) is 59.5 Å². The van der Waals surface area contributed by atoms with Gasteiger partial charge in [0.25, 0.3) is 5.91 Å². The Balaban J connectivity index is 1.50. The highest BCUT2D eigenvalue weighted by Crippen LogP contribution is 2.18. The molecule has 0 saturated heterocycles. The topological polar surface area (TPSA) is 144 Å². The normalized spacial score (nSPS) is 11.2. The van der Waals surface area contributed by atoms with Gasteiger partial charge in [-0.3, -0.25) is 14.9 Å². The van der Waals surface area contributed by atoms with Crippen LogP contribution >= 0.6 is 11.3 Å². The number of rotatable bonds is 7. The summed E-state index contributed by atoms with van der Waals surface area (Å²) >= 11 is 1.25. The van der Waals surface area contributed by atoms with Crippen LogP contribution in [0.15, 0.2) is 57.4 Å². The molecule has 0 aliphatic carbocycles. The lowest BCUT2D eigenvalue weighted by Crippen LogP contribution is -2.14. The summed E-state index contributed by atoms with van der Waals surface area (Å²) in [7, 11) is -3.77. The zero-order chi connectivity index (χ0) is 20.1. The molecule has 4 N–H and O–H groups in total. The van der Waals surface area contributed by atoms with Gasteiger partial charge in [-0.05, 0) is 42.8 Å². The van der Waals surface area contributed by atoms with Crippen LogP contribution in [-0.4, -0.2) is 25.2 Å². The van der Waals surface area contributed by atoms with Crippen LogP contribution in [0.4, 0.5) is 10.8 Å². The van der Waals surface area contributed by atoms with Gasteiger partial charge in [-0.25, -0.2) is 18.5 Å². The third-order valence-corrected chi connectivity index (χ3v) is 5.33. The summed E-state index contributed by atoms with van der Waals surface area (Å²) in [5.41, 5.74) is 1.13. The molecule has 2 heterocycles. The molecule has 3 rings (SSSR count). The molecule has 0 bridgehead atoms. The first-order valence-corrected chi connectivity index (χ1v) is 10.5. The van der Waals surface area contributed by atoms with E-state index in [-0.39, 0.29) is 23.0 Å². The molecule has 1 aromatic carbocycles. The number of aryl methyl sites for hydroxylation is 1. The van der Waals surface area contributed by atoms with Crippen molar-refractivity contribution >= 4 is 44.0 Å². The Morgan fingerprint density at radius 3 is 2.54 bits per heavy atom. The Bertz CT molecular complexity index is 1070. The zero-order valence-corrected chi connectivity index (χ0v) is 16.0. The number of anilines is 2. The van der Waals surface area contributed by atoms with Crippen molar-refractivity contribution in [1.82, 2.24) is 4.98 Å². The number of benzene rings is 1. The highest BCUT2D eigenvalue weighted by atomic mass is 32.2. The Kier molecular flexibility index (Phi) is 5.87. The lowest BCUT2D eigenvalue weighted by molar-refractivity contribution is -0.116. The van der Waals surface area contributed by atoms with E-state index in [1.54, 1.807) is 17.5 Å². The summed E-state index contributed by atoms with van der Waals surface area (Å²) in [6.45, 7) is 0. The Labute approximate surface area is 164 Å². The van der Waals surface area contributed by atoms with Crippen LogP contribution in [0.25, 0.3) is 0 Å². The van der Waals surface area contributed by atoms with Gasteiger partial charge in [0.15, 0.2) is 10.9 Å². The van der Waals surface area contributed by atoms with E-state index < -0.39 is 15.9 Å². The molecular formula is C17H16N4O5S2. The van der Waals surface area contributed by atoms with Gasteiger partial charge in [0, 0.05) is 17.5 Å². The molecule has 2 aromatic heterocycles. The van der Waals surface area contributed by atoms with E-state index in [9.17, 15) is 18.0 Å². The largest absolute Gasteiger partial charge is 0.459 e. The predicted octanol–water partition coefficient (Wildman–Crippen LogP) is 2.21. The first kappa shape index (κ1) is 19.7. The Hall–Kier alpha value is -3.02. The number of hydrogen-bond acceptors (Lipinski definition) is 7. The standard InChI is InChI=1S/C17H16N4O5S2/c18-28(24,25)13-6-3-11(4-7-13)19-15(22)8-5-12-10-27-17(20-12)21-16(23)14-2-1-9-26-14/h1-4,6-7,9-10H,5,8H2,(H,19,22)(H2,18,24,25)(H,20,21,23). The summed E-state index contributed by atoms with van der Waals surface area (Å²) in [4.78, 5) is 28.2. The minimum absolute atomic E-state index is 0.0305. The maximum atomic E-state index is 12.0. The molecule has 28 heavy (non-hydrogen) atoms. The Morgan fingerprint density at radius 2 is 1.89 bits per heavy atom. The van der Waals surface area contributed by atoms with E-state index in [2.05, 4.69) is 15.6 Å². The number of primary sulfonamides is 1. The van der Waals surface area contributed by atoms with Gasteiger partial charge >= 0.3 is 0 Å². The molecule has 0 aliphatic rings. The van der Waals surface area contributed by atoms with E-state index in [4.69, 9.17) is 9.56 Å². The number of thiazole rings is 1. The molecule has 146 valence electrons. The first-order chi connectivity index (χ1) is 13.3. The van der Waals surface area contributed by atoms with Crippen LogP contribution in [0.3, 0.4) is 0 Å². The summed E-state index contributed by atoms with van der Waals surface area (Å²) in [5, 5.41) is 12.5. The number of nitrogens with zero attached hydrogens (tertiary/aromatic N) is 1. The molecule has 0 atom stereocenters. The number of sulfonamides is 1. The SMILES string of the molecule is NS(=O)(=O)c1ccc(NC(=O)CCc2csc(NC(=O)c3ccco3)n2)cc1. The van der Waals surface area contributed by atoms with Gasteiger partial charge in [-0.1, -0.05) is 0 Å². The molecule has 9 nitrogen and oxygen atoms in total. The van der Waals surface area contributed by atoms with Gasteiger partial charge in [-0.15, -0.1) is 11.3 Å². The molecule has 2 amide bonds. The van der Waals surface area contributed by atoms with Crippen molar-refractivity contribution in [2.75, 3.05) is 10.6 Å². The smallest absolute Gasteiger partial charge is 0.293 e. The molecule has 0 radical (unpaired) electrons. The third-order valence-electron chi connectivity index (χ3n) is 3.59. The van der Waals surface area contributed by atoms with Gasteiger partial charge in [0.05, 0.1) is 16.9 Å². The van der Waals surface area contributed by atoms with E-state index in [0.717, 1.165) is 0 Å². The quantitative estimate of drug-likeness (QED) is 0.534. The van der Waals surface area contributed by atoms with E-state index in [0.29, 0.717) is 22.9 Å². The van der Waals surface area contributed by atoms with Crippen molar-refractivity contribution in [3.8, 4) is 0 Å². The summed E-state index contributed by atoms with van der Waals surface area (Å²) in [6.07, 6.45) is 1.96. The summed E-state index contributed by atoms with van der Waals surface area (Å²) in [5.74, 6) is -0.464. The second-order valence-corrected chi connectivity index (χ2v) is 8.11. The number of aromatic nitrogens is 1. The predicted molar refractivity (Wildman–Crippen MR) is 104 cm³/mol. The molecule has 11 heteroatoms. The maximum Gasteiger partial charge on any atom is 0.293 e. The van der Waals surface area contributed by atoms with Gasteiger partial charge in [0.1, 0.15) is 0 Å². The zero-order valence-electron chi connectivity index (χ0n) is 14.4. The number of hydrogen-bond donors (Lipinski definition) is 3. The van der Waals surface area contributed by atoms with Crippen molar-refractivity contribution in [1.29, 1.82) is 0 Å². The van der Waals surface area contributed by atoms with Crippen LogP contribution in [0, 0.1) is 0 Å². The second-order valence-electron chi connectivity index (χ2n) is 5.69. The molecular weight excluding hydrogens is 404 g/mol. The average molecular weight is 420 g/mol. The van der Waals surface area contributed by atoms with Crippen molar-refractivity contribution in [2.45, 2.75) is 17.7 Å². The molecule has 0 spiro atoms. The second kappa shape index (κ2) is 8.33. The van der Waals surface area contributed by atoms with Crippen LogP contribution < -0.4 is 15.8 Å². The minimum Gasteiger partial charge on any atom is -0.459 e. The number of carbonyl (C=O) groups excluding carboxylic acids is 2. The maximum absolute atomic E-state index is 12.0. The van der Waals surface area contributed by atoms with Gasteiger partial charge < -0.3 is 9.73 Å². The van der Waals surface area contributed by atoms with Gasteiger partial charge in [-0.2, -0.15) is 0 Å². The van der Waals surface area contributed by atoms with E-state index >= 15 is 0 Å². The molecule has 0 fully saturated rings. The Morgan fingerprint density at radius 1 is 1.14 bits per heavy atom. The van der Waals surface area contributed by atoms with Crippen LogP contribution in [0.1, 0.15) is 22.7 Å². The monoisotopic (exact) mass is 420 g/mol. The fraction of sp³-hybridized carbons (Fsp3) is 0.118. The number of amides is 2. The molecule has 0 unspecified atom stereocenters. The highest BCUT2D eigenvalue weighted by molar-refractivity contribution is 7.89. The number of nitrogens with one attached hydrogen (secondary N) is 2. The lowest BCUT2D eigenvalue weighted by Gasteiger charge is -2.05. The first-order valence-electron chi connectivity index (χ1n) is 8.03. The van der Waals surface area contributed by atoms with Crippen LogP contribution in [0.5, 0.6) is 0 Å². The summed E-state index contributed by atoms with van der Waals surface area (Å²) in [6, 6.07) is 8.72. The number of furan rings is 1. The van der Waals surface area contributed by atoms with Crippen molar-refractivity contribution in [2.24, 2.45) is 5.14 Å². The minimum atomic E-state index is -3.77. The fourth-order valence-corrected chi connectivity index (χ4v) is 3.49. The number of nitrogens with two attached hydrogens (primary N) is 1. The van der Waals surface area contributed by atoms with Crippen molar-refractivity contribution < 1.29 is 22.4 Å². The highest BCUT2D eigenvalue weighted by Gasteiger charge is 2.12. The third kappa shape index (κ3) is 5.25. The van der Waals surface area contributed by atoms with Crippen LogP contribution in [0.2, 0.25) is 0 Å². The molecule has 0 aliphatic heterocycles. The van der Waals surface area contributed by atoms with E-state index in [1.807, 2.05) is 0 Å². The molecule has 0 saturated carbocycles. The molecule has 3 aromatic rings. The van der Waals surface area contributed by atoms with E-state index in [1.165, 1.54) is 41.9 Å². The van der Waals surface area contributed by atoms with Gasteiger partial charge in [0.2, 0.25) is 15.9 Å². The number of carbonyl (C=O) groups is 2. The van der Waals surface area contributed by atoms with Crippen LogP contribution in [-0.2, 0) is 21.2 Å². The fourth-order valence-electron chi connectivity index (χ4n) is 2.24. The lowest BCUT2D eigenvalue weighted by atomic mass is 10.2. The van der Waals surface area contributed by atoms with Crippen molar-refractivity contribution in [3.63, 3.8) is 0 Å². The summed E-state index contributed by atoms with van der Waals surface area (Å²) < 4.78 is 27.4. The average Bonchev–Trinajstić information content (AvgIpc) is 3.32.